The molecule has 2 N–H and O–H groups in total. The third-order valence-corrected chi connectivity index (χ3v) is 3.19. The van der Waals surface area contributed by atoms with Gasteiger partial charge >= 0.3 is 0 Å². The van der Waals surface area contributed by atoms with E-state index in [4.69, 9.17) is 16.0 Å². The van der Waals surface area contributed by atoms with Gasteiger partial charge in [-0.05, 0) is 46.3 Å². The smallest absolute Gasteiger partial charge is 0.259 e. The van der Waals surface area contributed by atoms with E-state index in [1.807, 2.05) is 0 Å². The monoisotopic (exact) mass is 355 g/mol. The Morgan fingerprint density at radius 1 is 1.45 bits per heavy atom. The Bertz CT molecular complexity index is 614. The van der Waals surface area contributed by atoms with Crippen LogP contribution in [-0.2, 0) is 4.79 Å². The average Bonchev–Trinajstić information content (AvgIpc) is 2.91. The van der Waals surface area contributed by atoms with Crippen LogP contribution in [0.15, 0.2) is 50.6 Å². The molecule has 5 nitrogen and oxygen atoms in total. The summed E-state index contributed by atoms with van der Waals surface area (Å²) in [5, 5.41) is 7.36. The lowest BCUT2D eigenvalue weighted by Gasteiger charge is -2.07. The molecule has 0 saturated carbocycles. The molecule has 0 bridgehead atoms. The zero-order valence-electron chi connectivity index (χ0n) is 10.3. The zero-order chi connectivity index (χ0) is 14.4. The number of furan rings is 1. The fourth-order valence-corrected chi connectivity index (χ4v) is 2.20. The minimum Gasteiger partial charge on any atom is -0.463 e. The van der Waals surface area contributed by atoms with Gasteiger partial charge in [0.05, 0.1) is 19.0 Å². The first-order chi connectivity index (χ1) is 9.65. The Kier molecular flexibility index (Phi) is 5.20. The molecule has 2 aromatic rings. The number of hydrogen-bond acceptors (Lipinski definition) is 4. The van der Waals surface area contributed by atoms with Crippen LogP contribution in [0, 0.1) is 0 Å². The van der Waals surface area contributed by atoms with Crippen molar-refractivity contribution in [3.8, 4) is 0 Å². The van der Waals surface area contributed by atoms with Gasteiger partial charge in [-0.1, -0.05) is 11.6 Å². The van der Waals surface area contributed by atoms with Crippen molar-refractivity contribution in [2.75, 3.05) is 11.9 Å². The third-order valence-electron chi connectivity index (χ3n) is 2.29. The van der Waals surface area contributed by atoms with Gasteiger partial charge in [-0.3, -0.25) is 4.79 Å². The minimum atomic E-state index is -0.269. The number of rotatable bonds is 5. The van der Waals surface area contributed by atoms with Gasteiger partial charge in [0.25, 0.3) is 5.91 Å². The van der Waals surface area contributed by atoms with Crippen molar-refractivity contribution in [1.29, 1.82) is 0 Å². The molecule has 0 spiro atoms. The molecular weight excluding hydrogens is 346 g/mol. The standard InChI is InChI=1S/C13H11BrClN3O2/c14-11-6-9(15)3-4-12(11)16-8-13(19)18-17-7-10-2-1-5-20-10/h1-7,16H,8H2,(H,18,19)/b17-7-. The van der Waals surface area contributed by atoms with Crippen LogP contribution in [0.3, 0.4) is 0 Å². The SMILES string of the molecule is O=C(CNc1ccc(Cl)cc1Br)N/N=C\c1ccco1. The maximum absolute atomic E-state index is 11.6. The summed E-state index contributed by atoms with van der Waals surface area (Å²) in [5.41, 5.74) is 3.17. The Labute approximate surface area is 129 Å². The van der Waals surface area contributed by atoms with Crippen LogP contribution >= 0.6 is 27.5 Å². The highest BCUT2D eigenvalue weighted by Crippen LogP contribution is 2.25. The molecule has 1 amide bonds. The van der Waals surface area contributed by atoms with Crippen LogP contribution in [0.2, 0.25) is 5.02 Å². The molecule has 0 fully saturated rings. The lowest BCUT2D eigenvalue weighted by molar-refractivity contribution is -0.119. The molecule has 0 aliphatic heterocycles. The van der Waals surface area contributed by atoms with Gasteiger partial charge in [-0.2, -0.15) is 5.10 Å². The number of halogens is 2. The van der Waals surface area contributed by atoms with Crippen molar-refractivity contribution < 1.29 is 9.21 Å². The van der Waals surface area contributed by atoms with Crippen LogP contribution in [0.1, 0.15) is 5.76 Å². The number of anilines is 1. The fraction of sp³-hybridized carbons (Fsp3) is 0.0769. The summed E-state index contributed by atoms with van der Waals surface area (Å²) in [6, 6.07) is 8.74. The number of carbonyl (C=O) groups is 1. The Balaban J connectivity index is 1.80. The van der Waals surface area contributed by atoms with Gasteiger partial charge in [0.2, 0.25) is 0 Å². The number of carbonyl (C=O) groups excluding carboxylic acids is 1. The number of amides is 1. The molecule has 104 valence electrons. The highest BCUT2D eigenvalue weighted by molar-refractivity contribution is 9.10. The largest absolute Gasteiger partial charge is 0.463 e. The van der Waals surface area contributed by atoms with E-state index in [0.29, 0.717) is 10.8 Å². The lowest BCUT2D eigenvalue weighted by Crippen LogP contribution is -2.25. The normalized spacial score (nSPS) is 10.7. The Morgan fingerprint density at radius 3 is 3.00 bits per heavy atom. The molecule has 0 aliphatic carbocycles. The highest BCUT2D eigenvalue weighted by Gasteiger charge is 2.03. The van der Waals surface area contributed by atoms with Gasteiger partial charge in [-0.25, -0.2) is 5.43 Å². The predicted molar refractivity (Wildman–Crippen MR) is 82.1 cm³/mol. The molecule has 0 radical (unpaired) electrons. The van der Waals surface area contributed by atoms with Crippen molar-refractivity contribution in [1.82, 2.24) is 5.43 Å². The number of hydrazone groups is 1. The molecule has 2 rings (SSSR count). The fourth-order valence-electron chi connectivity index (χ4n) is 1.38. The first-order valence-electron chi connectivity index (χ1n) is 5.69. The molecule has 0 unspecified atom stereocenters. The van der Waals surface area contributed by atoms with E-state index in [-0.39, 0.29) is 12.5 Å². The van der Waals surface area contributed by atoms with Crippen molar-refractivity contribution in [2.24, 2.45) is 5.10 Å². The molecule has 1 aromatic heterocycles. The Morgan fingerprint density at radius 2 is 2.30 bits per heavy atom. The van der Waals surface area contributed by atoms with Gasteiger partial charge < -0.3 is 9.73 Å². The van der Waals surface area contributed by atoms with Gasteiger partial charge in [0.15, 0.2) is 0 Å². The topological polar surface area (TPSA) is 66.6 Å². The van der Waals surface area contributed by atoms with Gasteiger partial charge in [0.1, 0.15) is 5.76 Å². The average molecular weight is 357 g/mol. The highest BCUT2D eigenvalue weighted by atomic mass is 79.9. The lowest BCUT2D eigenvalue weighted by atomic mass is 10.3. The number of benzene rings is 1. The van der Waals surface area contributed by atoms with Crippen LogP contribution in [0.5, 0.6) is 0 Å². The molecule has 0 aliphatic rings. The van der Waals surface area contributed by atoms with E-state index in [0.717, 1.165) is 10.2 Å². The maximum atomic E-state index is 11.6. The minimum absolute atomic E-state index is 0.0930. The Hall–Kier alpha value is -1.79. The number of hydrogen-bond donors (Lipinski definition) is 2. The molecule has 1 aromatic carbocycles. The summed E-state index contributed by atoms with van der Waals surface area (Å²) < 4.78 is 5.83. The van der Waals surface area contributed by atoms with E-state index in [9.17, 15) is 4.79 Å². The molecule has 0 atom stereocenters. The quantitative estimate of drug-likeness (QED) is 0.638. The van der Waals surface area contributed by atoms with Gasteiger partial charge in [0, 0.05) is 15.2 Å². The molecule has 0 saturated heterocycles. The third kappa shape index (κ3) is 4.40. The predicted octanol–water partition coefficient (Wildman–Crippen LogP) is 3.26. The molecule has 7 heteroatoms. The van der Waals surface area contributed by atoms with E-state index >= 15 is 0 Å². The first kappa shape index (κ1) is 14.6. The summed E-state index contributed by atoms with van der Waals surface area (Å²) in [5.74, 6) is 0.299. The van der Waals surface area contributed by atoms with Crippen molar-refractivity contribution >= 4 is 45.3 Å². The second-order valence-electron chi connectivity index (χ2n) is 3.79. The summed E-state index contributed by atoms with van der Waals surface area (Å²) >= 11 is 9.19. The van der Waals surface area contributed by atoms with Crippen LogP contribution in [0.25, 0.3) is 0 Å². The summed E-state index contributed by atoms with van der Waals surface area (Å²) in [6.07, 6.45) is 2.96. The maximum Gasteiger partial charge on any atom is 0.259 e. The molecule has 20 heavy (non-hydrogen) atoms. The van der Waals surface area contributed by atoms with E-state index in [2.05, 4.69) is 31.8 Å². The van der Waals surface area contributed by atoms with Crippen LogP contribution in [-0.4, -0.2) is 18.7 Å². The number of nitrogens with one attached hydrogen (secondary N) is 2. The molecular formula is C13H11BrClN3O2. The number of nitrogens with zero attached hydrogens (tertiary/aromatic N) is 1. The summed E-state index contributed by atoms with van der Waals surface area (Å²) in [7, 11) is 0. The van der Waals surface area contributed by atoms with Crippen molar-refractivity contribution in [3.05, 3.63) is 51.9 Å². The second-order valence-corrected chi connectivity index (χ2v) is 5.08. The second kappa shape index (κ2) is 7.12. The van der Waals surface area contributed by atoms with E-state index in [1.54, 1.807) is 30.3 Å². The summed E-state index contributed by atoms with van der Waals surface area (Å²) in [4.78, 5) is 11.6. The first-order valence-corrected chi connectivity index (χ1v) is 6.86. The van der Waals surface area contributed by atoms with Gasteiger partial charge in [-0.15, -0.1) is 0 Å². The van der Waals surface area contributed by atoms with E-state index < -0.39 is 0 Å². The summed E-state index contributed by atoms with van der Waals surface area (Å²) in [6.45, 7) is 0.0930. The van der Waals surface area contributed by atoms with Crippen molar-refractivity contribution in [2.45, 2.75) is 0 Å². The van der Waals surface area contributed by atoms with Crippen LogP contribution < -0.4 is 10.7 Å². The van der Waals surface area contributed by atoms with E-state index in [1.165, 1.54) is 12.5 Å². The molecule has 1 heterocycles. The van der Waals surface area contributed by atoms with Crippen molar-refractivity contribution in [3.63, 3.8) is 0 Å². The zero-order valence-corrected chi connectivity index (χ0v) is 12.6. The van der Waals surface area contributed by atoms with Crippen LogP contribution in [0.4, 0.5) is 5.69 Å².